The van der Waals surface area contributed by atoms with Gasteiger partial charge in [-0.15, -0.1) is 0 Å². The second-order valence-corrected chi connectivity index (χ2v) is 6.29. The van der Waals surface area contributed by atoms with Gasteiger partial charge >= 0.3 is 12.1 Å². The zero-order chi connectivity index (χ0) is 23.1. The van der Waals surface area contributed by atoms with Gasteiger partial charge in [0.05, 0.1) is 20.3 Å². The van der Waals surface area contributed by atoms with Crippen LogP contribution in [-0.2, 0) is 39.9 Å². The monoisotopic (exact) mass is 442 g/mol. The number of carbonyl (C=O) groups excluding carboxylic acids is 3. The molecule has 1 rings (SSSR count). The van der Waals surface area contributed by atoms with Gasteiger partial charge in [0.1, 0.15) is 12.6 Å². The molecule has 31 heavy (non-hydrogen) atoms. The molecule has 0 aliphatic rings. The van der Waals surface area contributed by atoms with Crippen LogP contribution >= 0.6 is 0 Å². The van der Waals surface area contributed by atoms with Crippen molar-refractivity contribution in [1.29, 1.82) is 0 Å². The predicted molar refractivity (Wildman–Crippen MR) is 108 cm³/mol. The molecule has 0 aliphatic carbocycles. The molecule has 1 aromatic carbocycles. The maximum absolute atomic E-state index is 12.6. The molecule has 0 saturated carbocycles. The smallest absolute Gasteiger partial charge is 0.408 e. The Balaban J connectivity index is 2.63. The first-order chi connectivity index (χ1) is 14.9. The minimum atomic E-state index is -1.14. The second-order valence-electron chi connectivity index (χ2n) is 6.29. The first kappa shape index (κ1) is 26.3. The Morgan fingerprint density at radius 3 is 2.23 bits per heavy atom. The fraction of sp³-hybridized carbons (Fsp3) is 0.550. The van der Waals surface area contributed by atoms with Crippen LogP contribution in [0.3, 0.4) is 0 Å². The van der Waals surface area contributed by atoms with Crippen molar-refractivity contribution in [2.24, 2.45) is 0 Å². The summed E-state index contributed by atoms with van der Waals surface area (Å²) in [6, 6.07) is 6.72. The summed E-state index contributed by atoms with van der Waals surface area (Å²) in [5.74, 6) is -1.45. The average Bonchev–Trinajstić information content (AvgIpc) is 2.79. The van der Waals surface area contributed by atoms with Crippen molar-refractivity contribution in [2.45, 2.75) is 31.4 Å². The van der Waals surface area contributed by atoms with Crippen LogP contribution in [0.15, 0.2) is 30.3 Å². The highest BCUT2D eigenvalue weighted by Crippen LogP contribution is 2.02. The summed E-state index contributed by atoms with van der Waals surface area (Å²) in [5.41, 5.74) is 0.772. The largest absolute Gasteiger partial charge is 0.467 e. The van der Waals surface area contributed by atoms with E-state index >= 15 is 0 Å². The van der Waals surface area contributed by atoms with E-state index < -0.39 is 36.3 Å². The van der Waals surface area contributed by atoms with Crippen LogP contribution in [0.25, 0.3) is 0 Å². The Hall–Kier alpha value is -2.73. The summed E-state index contributed by atoms with van der Waals surface area (Å²) in [7, 11) is 4.03. The maximum atomic E-state index is 12.6. The number of nitrogens with one attached hydrogen (secondary N) is 2. The number of esters is 1. The molecule has 2 amide bonds. The van der Waals surface area contributed by atoms with Crippen LogP contribution in [-0.4, -0.2) is 82.6 Å². The lowest BCUT2D eigenvalue weighted by atomic mass is 10.2. The molecule has 0 spiro atoms. The topological polar surface area (TPSA) is 142 Å². The molecule has 0 heterocycles. The van der Waals surface area contributed by atoms with Crippen molar-refractivity contribution in [2.75, 3.05) is 41.2 Å². The lowest BCUT2D eigenvalue weighted by molar-refractivity contribution is -0.155. The maximum Gasteiger partial charge on any atom is 0.408 e. The molecule has 0 fully saturated rings. The van der Waals surface area contributed by atoms with Crippen molar-refractivity contribution in [1.82, 2.24) is 10.6 Å². The Kier molecular flexibility index (Phi) is 12.8. The third kappa shape index (κ3) is 10.2. The van der Waals surface area contributed by atoms with E-state index in [0.717, 1.165) is 5.56 Å². The summed E-state index contributed by atoms with van der Waals surface area (Å²) >= 11 is 0. The second kappa shape index (κ2) is 15.1. The highest BCUT2D eigenvalue weighted by molar-refractivity contribution is 5.89. The Labute approximate surface area is 180 Å². The van der Waals surface area contributed by atoms with Gasteiger partial charge in [0, 0.05) is 20.8 Å². The number of carbonyl (C=O) groups is 3. The van der Waals surface area contributed by atoms with Gasteiger partial charge in [-0.3, -0.25) is 4.79 Å². The molecule has 0 aromatic heterocycles. The number of hydrogen-bond donors (Lipinski definition) is 3. The number of methoxy groups -OCH3 is 3. The number of rotatable bonds is 14. The summed E-state index contributed by atoms with van der Waals surface area (Å²) in [6.07, 6.45) is -1.57. The normalized spacial score (nSPS) is 12.7. The highest BCUT2D eigenvalue weighted by Gasteiger charge is 2.28. The minimum Gasteiger partial charge on any atom is -0.467 e. The van der Waals surface area contributed by atoms with Gasteiger partial charge in [-0.1, -0.05) is 30.3 Å². The molecule has 0 aliphatic heterocycles. The first-order valence-electron chi connectivity index (χ1n) is 9.54. The third-order valence-electron chi connectivity index (χ3n) is 4.11. The Bertz CT molecular complexity index is 668. The van der Waals surface area contributed by atoms with Gasteiger partial charge in [0.2, 0.25) is 5.91 Å². The summed E-state index contributed by atoms with van der Waals surface area (Å²) in [6.45, 7) is -0.564. The molecule has 174 valence electrons. The number of aliphatic hydroxyl groups excluding tert-OH is 1. The van der Waals surface area contributed by atoms with Gasteiger partial charge in [-0.05, 0) is 12.0 Å². The number of amides is 2. The number of ether oxygens (including phenoxy) is 5. The number of benzene rings is 1. The van der Waals surface area contributed by atoms with E-state index in [1.54, 1.807) is 24.3 Å². The van der Waals surface area contributed by atoms with Crippen LogP contribution < -0.4 is 10.6 Å². The van der Waals surface area contributed by atoms with Crippen LogP contribution in [0.5, 0.6) is 0 Å². The van der Waals surface area contributed by atoms with Crippen LogP contribution in [0, 0.1) is 0 Å². The van der Waals surface area contributed by atoms with E-state index in [2.05, 4.69) is 15.4 Å². The van der Waals surface area contributed by atoms with Crippen molar-refractivity contribution >= 4 is 18.0 Å². The van der Waals surface area contributed by atoms with E-state index in [4.69, 9.17) is 18.9 Å². The number of aliphatic hydroxyl groups is 1. The molecule has 0 unspecified atom stereocenters. The van der Waals surface area contributed by atoms with Crippen LogP contribution in [0.2, 0.25) is 0 Å². The van der Waals surface area contributed by atoms with Gasteiger partial charge in [0.15, 0.2) is 12.3 Å². The standard InChI is InChI=1S/C20H30N2O9/c1-27-17(28-2)13-30-12-16(19(25)29-3)21-18(24)15(9-10-23)22-20(26)31-11-14-7-5-4-6-8-14/h4-8,15-17,23H,9-13H2,1-3H3,(H,21,24)(H,22,26)/t15-,16-/m0/s1. The van der Waals surface area contributed by atoms with Crippen LogP contribution in [0.1, 0.15) is 12.0 Å². The van der Waals surface area contributed by atoms with Gasteiger partial charge in [-0.2, -0.15) is 0 Å². The third-order valence-corrected chi connectivity index (χ3v) is 4.11. The SMILES string of the molecule is COC(=O)[C@H](COCC(OC)OC)NC(=O)[C@H](CCO)NC(=O)OCc1ccccc1. The molecule has 0 saturated heterocycles. The highest BCUT2D eigenvalue weighted by atomic mass is 16.7. The van der Waals surface area contributed by atoms with Gasteiger partial charge in [0.25, 0.3) is 0 Å². The zero-order valence-electron chi connectivity index (χ0n) is 17.9. The molecule has 11 nitrogen and oxygen atoms in total. The van der Waals surface area contributed by atoms with Crippen molar-refractivity contribution in [3.05, 3.63) is 35.9 Å². The van der Waals surface area contributed by atoms with Crippen molar-refractivity contribution < 1.29 is 43.2 Å². The molecule has 3 N–H and O–H groups in total. The Morgan fingerprint density at radius 2 is 1.65 bits per heavy atom. The summed E-state index contributed by atoms with van der Waals surface area (Å²) in [4.78, 5) is 36.6. The quantitative estimate of drug-likeness (QED) is 0.267. The van der Waals surface area contributed by atoms with E-state index in [0.29, 0.717) is 0 Å². The van der Waals surface area contributed by atoms with E-state index in [9.17, 15) is 19.5 Å². The van der Waals surface area contributed by atoms with E-state index in [1.807, 2.05) is 6.07 Å². The fourth-order valence-electron chi connectivity index (χ4n) is 2.40. The zero-order valence-corrected chi connectivity index (χ0v) is 17.9. The first-order valence-corrected chi connectivity index (χ1v) is 9.54. The van der Waals surface area contributed by atoms with Crippen molar-refractivity contribution in [3.8, 4) is 0 Å². The van der Waals surface area contributed by atoms with E-state index in [1.165, 1.54) is 21.3 Å². The number of alkyl carbamates (subject to hydrolysis) is 1. The fourth-order valence-corrected chi connectivity index (χ4v) is 2.40. The van der Waals surface area contributed by atoms with Gasteiger partial charge < -0.3 is 39.4 Å². The molecule has 0 bridgehead atoms. The average molecular weight is 442 g/mol. The van der Waals surface area contributed by atoms with Crippen LogP contribution in [0.4, 0.5) is 4.79 Å². The molecule has 1 aromatic rings. The number of hydrogen-bond acceptors (Lipinski definition) is 9. The predicted octanol–water partition coefficient (Wildman–Crippen LogP) is -0.0429. The lowest BCUT2D eigenvalue weighted by Crippen LogP contribution is -2.53. The molecule has 0 radical (unpaired) electrons. The molecular weight excluding hydrogens is 412 g/mol. The summed E-state index contributed by atoms with van der Waals surface area (Å²) < 4.78 is 25.1. The Morgan fingerprint density at radius 1 is 0.968 bits per heavy atom. The van der Waals surface area contributed by atoms with E-state index in [-0.39, 0.29) is 32.8 Å². The van der Waals surface area contributed by atoms with Crippen molar-refractivity contribution in [3.63, 3.8) is 0 Å². The minimum absolute atomic E-state index is 0.0128. The van der Waals surface area contributed by atoms with Gasteiger partial charge in [-0.25, -0.2) is 9.59 Å². The molecule has 11 heteroatoms. The lowest BCUT2D eigenvalue weighted by Gasteiger charge is -2.22. The molecular formula is C20H30N2O9. The molecule has 2 atom stereocenters. The summed E-state index contributed by atoms with van der Waals surface area (Å²) in [5, 5.41) is 14.1.